The summed E-state index contributed by atoms with van der Waals surface area (Å²) >= 11 is 1.07. The van der Waals surface area contributed by atoms with E-state index in [1.807, 2.05) is 0 Å². The lowest BCUT2D eigenvalue weighted by atomic mass is 9.66. The molecule has 4 aliphatic rings. The van der Waals surface area contributed by atoms with Crippen LogP contribution in [-0.2, 0) is 20.7 Å². The summed E-state index contributed by atoms with van der Waals surface area (Å²) in [5.74, 6) is -2.10. The SMILES string of the molecule is C[C@@H]1OCCN2c3c(cc4c(N5C[C@H](CN)SC5=O)noc4c3F)CC3(C(=O)NC(=O)NC3=O)[C@@H]12. The Hall–Kier alpha value is -3.23. The number of hydrogen-bond donors (Lipinski definition) is 3. The highest BCUT2D eigenvalue weighted by Gasteiger charge is 2.63. The van der Waals surface area contributed by atoms with Crippen LogP contribution in [0.3, 0.4) is 0 Å². The van der Waals surface area contributed by atoms with Crippen LogP contribution in [-0.4, -0.2) is 71.9 Å². The van der Waals surface area contributed by atoms with E-state index in [0.29, 0.717) is 12.1 Å². The average Bonchev–Trinajstić information content (AvgIpc) is 3.40. The number of aromatic nitrogens is 1. The molecule has 5 heterocycles. The van der Waals surface area contributed by atoms with Crippen molar-refractivity contribution in [1.82, 2.24) is 15.8 Å². The Balaban J connectivity index is 1.54. The second-order valence-electron chi connectivity index (χ2n) is 9.03. The molecule has 3 fully saturated rings. The zero-order chi connectivity index (χ0) is 24.6. The molecule has 0 bridgehead atoms. The Morgan fingerprint density at radius 2 is 2.03 bits per heavy atom. The molecule has 184 valence electrons. The van der Waals surface area contributed by atoms with E-state index in [2.05, 4.69) is 15.8 Å². The number of carbonyl (C=O) groups excluding carboxylic acids is 4. The molecular weight excluding hydrogens is 483 g/mol. The highest BCUT2D eigenvalue weighted by Crippen LogP contribution is 2.49. The number of nitrogens with zero attached hydrogens (tertiary/aromatic N) is 3. The van der Waals surface area contributed by atoms with Crippen LogP contribution in [0.2, 0.25) is 0 Å². The number of anilines is 2. The van der Waals surface area contributed by atoms with Gasteiger partial charge in [0.1, 0.15) is 0 Å². The number of benzene rings is 1. The predicted molar refractivity (Wildman–Crippen MR) is 122 cm³/mol. The van der Waals surface area contributed by atoms with Gasteiger partial charge in [0.15, 0.2) is 17.1 Å². The van der Waals surface area contributed by atoms with E-state index < -0.39 is 41.2 Å². The first-order valence-corrected chi connectivity index (χ1v) is 12.0. The maximum Gasteiger partial charge on any atom is 0.328 e. The fraction of sp³-hybridized carbons (Fsp3) is 0.476. The van der Waals surface area contributed by atoms with Gasteiger partial charge >= 0.3 is 6.03 Å². The van der Waals surface area contributed by atoms with Gasteiger partial charge in [-0.3, -0.25) is 29.9 Å². The van der Waals surface area contributed by atoms with E-state index in [1.54, 1.807) is 17.9 Å². The molecular formula is C21H21FN6O6S. The van der Waals surface area contributed by atoms with Crippen LogP contribution < -0.4 is 26.2 Å². The minimum absolute atomic E-state index is 0.130. The predicted octanol–water partition coefficient (Wildman–Crippen LogP) is 0.470. The Morgan fingerprint density at radius 3 is 2.71 bits per heavy atom. The van der Waals surface area contributed by atoms with E-state index in [0.717, 1.165) is 11.8 Å². The number of fused-ring (bicyclic) bond motifs is 5. The number of urea groups is 1. The molecule has 0 radical (unpaired) electrons. The van der Waals surface area contributed by atoms with E-state index >= 15 is 4.39 Å². The van der Waals surface area contributed by atoms with Crippen LogP contribution >= 0.6 is 11.8 Å². The second kappa shape index (κ2) is 7.63. The topological polar surface area (TPSA) is 160 Å². The van der Waals surface area contributed by atoms with E-state index in [-0.39, 0.29) is 59.1 Å². The minimum Gasteiger partial charge on any atom is -0.374 e. The first kappa shape index (κ1) is 22.2. The highest BCUT2D eigenvalue weighted by molar-refractivity contribution is 8.14. The largest absolute Gasteiger partial charge is 0.374 e. The normalized spacial score (nSPS) is 27.8. The number of carbonyl (C=O) groups is 4. The van der Waals surface area contributed by atoms with Gasteiger partial charge in [-0.25, -0.2) is 9.18 Å². The number of morpholine rings is 1. The highest BCUT2D eigenvalue weighted by atomic mass is 32.2. The molecule has 1 aromatic carbocycles. The van der Waals surface area contributed by atoms with Crippen molar-refractivity contribution in [2.24, 2.45) is 11.1 Å². The molecule has 5 amide bonds. The van der Waals surface area contributed by atoms with Crippen molar-refractivity contribution >= 4 is 57.3 Å². The third-order valence-corrected chi connectivity index (χ3v) is 8.25. The van der Waals surface area contributed by atoms with Gasteiger partial charge in [-0.05, 0) is 18.6 Å². The quantitative estimate of drug-likeness (QED) is 0.491. The molecule has 4 aliphatic heterocycles. The van der Waals surface area contributed by atoms with Crippen molar-refractivity contribution in [1.29, 1.82) is 0 Å². The molecule has 35 heavy (non-hydrogen) atoms. The maximum atomic E-state index is 16.0. The fourth-order valence-corrected chi connectivity index (χ4v) is 6.55. The molecule has 4 N–H and O–H groups in total. The lowest BCUT2D eigenvalue weighted by Crippen LogP contribution is -2.74. The van der Waals surface area contributed by atoms with E-state index in [9.17, 15) is 19.2 Å². The van der Waals surface area contributed by atoms with Crippen molar-refractivity contribution in [3.8, 4) is 0 Å². The molecule has 12 nitrogen and oxygen atoms in total. The summed E-state index contributed by atoms with van der Waals surface area (Å²) < 4.78 is 27.1. The number of nitrogens with two attached hydrogens (primary N) is 1. The zero-order valence-electron chi connectivity index (χ0n) is 18.5. The van der Waals surface area contributed by atoms with Crippen molar-refractivity contribution in [3.05, 3.63) is 17.4 Å². The number of hydrogen-bond acceptors (Lipinski definition) is 10. The Morgan fingerprint density at radius 1 is 1.29 bits per heavy atom. The van der Waals surface area contributed by atoms with Crippen molar-refractivity contribution in [2.75, 3.05) is 36.0 Å². The number of halogens is 1. The molecule has 1 spiro atoms. The molecule has 0 aliphatic carbocycles. The number of imide groups is 2. The standard InChI is InChI=1S/C21H21FN6O6S/c1-8-15-21(17(29)24-19(31)25-18(21)30)5-9-4-11-14(12(22)13(9)27(15)2-3-33-8)34-26-16(11)28-7-10(6-23)35-20(28)32/h4,8,10,15H,2-3,5-7,23H2,1H3,(H2,24,25,29,30,31)/t8-,10-,15+/m0/s1. The van der Waals surface area contributed by atoms with Gasteiger partial charge in [-0.2, -0.15) is 0 Å². The van der Waals surface area contributed by atoms with Gasteiger partial charge in [0, 0.05) is 31.3 Å². The van der Waals surface area contributed by atoms with Crippen LogP contribution in [0.15, 0.2) is 10.6 Å². The summed E-state index contributed by atoms with van der Waals surface area (Å²) in [5.41, 5.74) is 4.39. The number of ether oxygens (including phenoxy) is 1. The third kappa shape index (κ3) is 2.96. The van der Waals surface area contributed by atoms with Gasteiger partial charge < -0.3 is 19.9 Å². The number of thioether (sulfide) groups is 1. The second-order valence-corrected chi connectivity index (χ2v) is 10.3. The number of barbiturate groups is 1. The van der Waals surface area contributed by atoms with Crippen LogP contribution in [0.5, 0.6) is 0 Å². The van der Waals surface area contributed by atoms with E-state index in [4.69, 9.17) is 15.0 Å². The summed E-state index contributed by atoms with van der Waals surface area (Å²) in [5, 5.41) is 8.19. The molecule has 3 saturated heterocycles. The summed E-state index contributed by atoms with van der Waals surface area (Å²) in [7, 11) is 0. The average molecular weight is 505 g/mol. The molecule has 0 saturated carbocycles. The molecule has 14 heteroatoms. The van der Waals surface area contributed by atoms with Crippen molar-refractivity contribution in [3.63, 3.8) is 0 Å². The van der Waals surface area contributed by atoms with Gasteiger partial charge in [0.2, 0.25) is 17.4 Å². The third-order valence-electron chi connectivity index (χ3n) is 7.15. The van der Waals surface area contributed by atoms with Gasteiger partial charge in [-0.15, -0.1) is 0 Å². The van der Waals surface area contributed by atoms with E-state index in [1.165, 1.54) is 4.90 Å². The first-order valence-electron chi connectivity index (χ1n) is 11.1. The molecule has 1 aromatic heterocycles. The summed E-state index contributed by atoms with van der Waals surface area (Å²) in [6, 6.07) is -0.176. The summed E-state index contributed by atoms with van der Waals surface area (Å²) in [4.78, 5) is 53.8. The fourth-order valence-electron chi connectivity index (χ4n) is 5.66. The lowest BCUT2D eigenvalue weighted by Gasteiger charge is -2.54. The summed E-state index contributed by atoms with van der Waals surface area (Å²) in [6.45, 7) is 2.73. The smallest absolute Gasteiger partial charge is 0.328 e. The van der Waals surface area contributed by atoms with Crippen molar-refractivity contribution in [2.45, 2.75) is 30.7 Å². The molecule has 2 aromatic rings. The molecule has 0 unspecified atom stereocenters. The van der Waals surface area contributed by atoms with Gasteiger partial charge in [0.25, 0.3) is 5.24 Å². The Labute approximate surface area is 201 Å². The van der Waals surface area contributed by atoms with Gasteiger partial charge in [0.05, 0.1) is 29.8 Å². The minimum atomic E-state index is -1.73. The maximum absolute atomic E-state index is 16.0. The molecule has 6 rings (SSSR count). The Kier molecular flexibility index (Phi) is 4.85. The number of amides is 5. The summed E-state index contributed by atoms with van der Waals surface area (Å²) in [6.07, 6.45) is -0.803. The Bertz CT molecular complexity index is 1290. The number of rotatable bonds is 2. The van der Waals surface area contributed by atoms with Gasteiger partial charge in [-0.1, -0.05) is 16.9 Å². The van der Waals surface area contributed by atoms with Crippen LogP contribution in [0, 0.1) is 11.2 Å². The monoisotopic (exact) mass is 504 g/mol. The lowest BCUT2D eigenvalue weighted by molar-refractivity contribution is -0.151. The first-order chi connectivity index (χ1) is 16.8. The molecule has 3 atom stereocenters. The zero-order valence-corrected chi connectivity index (χ0v) is 19.3. The van der Waals surface area contributed by atoms with Crippen molar-refractivity contribution < 1.29 is 32.8 Å². The van der Waals surface area contributed by atoms with Crippen LogP contribution in [0.4, 0.5) is 25.5 Å². The van der Waals surface area contributed by atoms with Crippen LogP contribution in [0.1, 0.15) is 12.5 Å². The van der Waals surface area contributed by atoms with Crippen LogP contribution in [0.25, 0.3) is 11.0 Å². The number of nitrogens with one attached hydrogen (secondary N) is 2.